The predicted molar refractivity (Wildman–Crippen MR) is 59.1 cm³/mol. The highest BCUT2D eigenvalue weighted by atomic mass is 19.1. The van der Waals surface area contributed by atoms with E-state index in [2.05, 4.69) is 0 Å². The van der Waals surface area contributed by atoms with Crippen molar-refractivity contribution in [2.24, 2.45) is 5.73 Å². The number of phenols is 1. The lowest BCUT2D eigenvalue weighted by Crippen LogP contribution is -2.19. The number of ether oxygens (including phenoxy) is 1. The van der Waals surface area contributed by atoms with E-state index in [1.165, 1.54) is 7.11 Å². The van der Waals surface area contributed by atoms with Crippen molar-refractivity contribution in [3.05, 3.63) is 23.0 Å². The van der Waals surface area contributed by atoms with E-state index < -0.39 is 11.4 Å². The average Bonchev–Trinajstić information content (AvgIpc) is 3.01. The van der Waals surface area contributed by atoms with Gasteiger partial charge in [-0.1, -0.05) is 6.92 Å². The molecule has 0 radical (unpaired) electrons. The van der Waals surface area contributed by atoms with Crippen molar-refractivity contribution in [2.75, 3.05) is 7.11 Å². The van der Waals surface area contributed by atoms with Gasteiger partial charge in [0.25, 0.3) is 0 Å². The van der Waals surface area contributed by atoms with Crippen molar-refractivity contribution in [3.63, 3.8) is 0 Å². The molecule has 2 rings (SSSR count). The molecule has 1 fully saturated rings. The zero-order valence-corrected chi connectivity index (χ0v) is 9.51. The van der Waals surface area contributed by atoms with E-state index in [9.17, 15) is 9.50 Å². The van der Waals surface area contributed by atoms with Gasteiger partial charge in [-0.2, -0.15) is 4.39 Å². The number of hydrogen-bond acceptors (Lipinski definition) is 3. The summed E-state index contributed by atoms with van der Waals surface area (Å²) in [6, 6.07) is 1.75. The zero-order chi connectivity index (χ0) is 11.9. The molecule has 1 aliphatic carbocycles. The van der Waals surface area contributed by atoms with Gasteiger partial charge in [-0.15, -0.1) is 0 Å². The molecule has 1 aromatic rings. The standard InChI is InChI=1S/C12H16FNO2/c1-3-7-6-8(12(14)4-5-12)10(15)9(13)11(7)16-2/h6,15H,3-5,14H2,1-2H3. The topological polar surface area (TPSA) is 55.5 Å². The lowest BCUT2D eigenvalue weighted by molar-refractivity contribution is 0.356. The summed E-state index contributed by atoms with van der Waals surface area (Å²) in [5.41, 5.74) is 6.69. The smallest absolute Gasteiger partial charge is 0.207 e. The van der Waals surface area contributed by atoms with Crippen LogP contribution in [0.3, 0.4) is 0 Å². The fourth-order valence-corrected chi connectivity index (χ4v) is 1.94. The van der Waals surface area contributed by atoms with E-state index in [0.29, 0.717) is 12.0 Å². The van der Waals surface area contributed by atoms with Crippen LogP contribution >= 0.6 is 0 Å². The number of nitrogens with two attached hydrogens (primary N) is 1. The molecule has 3 nitrogen and oxygen atoms in total. The molecule has 0 spiro atoms. The molecule has 4 heteroatoms. The molecule has 16 heavy (non-hydrogen) atoms. The first-order valence-corrected chi connectivity index (χ1v) is 5.41. The van der Waals surface area contributed by atoms with Gasteiger partial charge in [-0.05, 0) is 30.9 Å². The largest absolute Gasteiger partial charge is 0.504 e. The van der Waals surface area contributed by atoms with E-state index >= 15 is 0 Å². The highest BCUT2D eigenvalue weighted by molar-refractivity contribution is 5.51. The third-order valence-corrected chi connectivity index (χ3v) is 3.18. The summed E-state index contributed by atoms with van der Waals surface area (Å²) in [4.78, 5) is 0. The molecule has 1 saturated carbocycles. The van der Waals surface area contributed by atoms with Gasteiger partial charge in [-0.25, -0.2) is 0 Å². The van der Waals surface area contributed by atoms with Crippen LogP contribution in [0.25, 0.3) is 0 Å². The summed E-state index contributed by atoms with van der Waals surface area (Å²) in [6.45, 7) is 1.91. The minimum atomic E-state index is -0.700. The van der Waals surface area contributed by atoms with Gasteiger partial charge in [0.2, 0.25) is 5.82 Å². The number of phenolic OH excluding ortho intramolecular Hbond substituents is 1. The summed E-state index contributed by atoms with van der Waals surface area (Å²) in [7, 11) is 1.39. The maximum atomic E-state index is 13.8. The molecular weight excluding hydrogens is 209 g/mol. The Kier molecular flexibility index (Phi) is 2.54. The second-order valence-electron chi connectivity index (χ2n) is 4.29. The summed E-state index contributed by atoms with van der Waals surface area (Å²) >= 11 is 0. The van der Waals surface area contributed by atoms with Crippen LogP contribution in [0.2, 0.25) is 0 Å². The Labute approximate surface area is 94.0 Å². The molecule has 1 aromatic carbocycles. The van der Waals surface area contributed by atoms with Gasteiger partial charge in [0.05, 0.1) is 7.11 Å². The van der Waals surface area contributed by atoms with Gasteiger partial charge < -0.3 is 15.6 Å². The van der Waals surface area contributed by atoms with Gasteiger partial charge >= 0.3 is 0 Å². The molecule has 0 aromatic heterocycles. The van der Waals surface area contributed by atoms with E-state index in [4.69, 9.17) is 10.5 Å². The Hall–Kier alpha value is -1.29. The first-order valence-electron chi connectivity index (χ1n) is 5.41. The second kappa shape index (κ2) is 3.63. The van der Waals surface area contributed by atoms with Crippen LogP contribution in [0, 0.1) is 5.82 Å². The molecule has 88 valence electrons. The van der Waals surface area contributed by atoms with Crippen LogP contribution in [-0.2, 0) is 12.0 Å². The quantitative estimate of drug-likeness (QED) is 0.827. The minimum absolute atomic E-state index is 0.119. The maximum Gasteiger partial charge on any atom is 0.207 e. The van der Waals surface area contributed by atoms with Crippen molar-refractivity contribution < 1.29 is 14.2 Å². The number of halogens is 1. The Morgan fingerprint density at radius 2 is 2.19 bits per heavy atom. The van der Waals surface area contributed by atoms with Gasteiger partial charge in [0.15, 0.2) is 11.5 Å². The van der Waals surface area contributed by atoms with Crippen molar-refractivity contribution in [1.82, 2.24) is 0 Å². The van der Waals surface area contributed by atoms with Gasteiger partial charge in [0, 0.05) is 11.1 Å². The van der Waals surface area contributed by atoms with Gasteiger partial charge in [-0.3, -0.25) is 0 Å². The second-order valence-corrected chi connectivity index (χ2v) is 4.29. The highest BCUT2D eigenvalue weighted by Crippen LogP contribution is 2.49. The molecule has 1 aliphatic rings. The van der Waals surface area contributed by atoms with E-state index in [1.807, 2.05) is 6.92 Å². The van der Waals surface area contributed by atoms with Crippen LogP contribution in [0.1, 0.15) is 30.9 Å². The van der Waals surface area contributed by atoms with E-state index in [-0.39, 0.29) is 11.5 Å². The van der Waals surface area contributed by atoms with Crippen molar-refractivity contribution in [3.8, 4) is 11.5 Å². The normalized spacial score (nSPS) is 17.2. The Morgan fingerprint density at radius 3 is 2.62 bits per heavy atom. The number of methoxy groups -OCH3 is 1. The molecule has 3 N–H and O–H groups in total. The molecule has 0 saturated heterocycles. The number of rotatable bonds is 3. The fourth-order valence-electron chi connectivity index (χ4n) is 1.94. The summed E-state index contributed by atoms with van der Waals surface area (Å²) in [5, 5.41) is 9.77. The van der Waals surface area contributed by atoms with Crippen molar-refractivity contribution >= 4 is 0 Å². The number of aryl methyl sites for hydroxylation is 1. The van der Waals surface area contributed by atoms with Crippen LogP contribution in [0.5, 0.6) is 11.5 Å². The van der Waals surface area contributed by atoms with Gasteiger partial charge in [0.1, 0.15) is 0 Å². The fraction of sp³-hybridized carbons (Fsp3) is 0.500. The third-order valence-electron chi connectivity index (χ3n) is 3.18. The summed E-state index contributed by atoms with van der Waals surface area (Å²) in [5.74, 6) is -0.948. The first-order chi connectivity index (χ1) is 7.53. The minimum Gasteiger partial charge on any atom is -0.504 e. The number of aromatic hydroxyl groups is 1. The molecule has 0 unspecified atom stereocenters. The molecule has 0 aliphatic heterocycles. The number of hydrogen-bond donors (Lipinski definition) is 2. The third kappa shape index (κ3) is 1.53. The zero-order valence-electron chi connectivity index (χ0n) is 9.51. The van der Waals surface area contributed by atoms with Crippen molar-refractivity contribution in [1.29, 1.82) is 0 Å². The van der Waals surface area contributed by atoms with Crippen LogP contribution in [0.4, 0.5) is 4.39 Å². The molecule has 0 bridgehead atoms. The highest BCUT2D eigenvalue weighted by Gasteiger charge is 2.43. The van der Waals surface area contributed by atoms with Crippen molar-refractivity contribution in [2.45, 2.75) is 31.7 Å². The number of benzene rings is 1. The molecular formula is C12H16FNO2. The summed E-state index contributed by atoms with van der Waals surface area (Å²) in [6.07, 6.45) is 2.22. The molecule has 0 amide bonds. The summed E-state index contributed by atoms with van der Waals surface area (Å²) < 4.78 is 18.8. The monoisotopic (exact) mass is 225 g/mol. The van der Waals surface area contributed by atoms with E-state index in [1.54, 1.807) is 6.07 Å². The van der Waals surface area contributed by atoms with Crippen LogP contribution < -0.4 is 10.5 Å². The molecule has 0 atom stereocenters. The Morgan fingerprint density at radius 1 is 1.56 bits per heavy atom. The first kappa shape index (κ1) is 11.2. The Balaban J connectivity index is 2.60. The SMILES string of the molecule is CCc1cc(C2(N)CC2)c(O)c(F)c1OC. The van der Waals surface area contributed by atoms with Crippen LogP contribution in [0.15, 0.2) is 6.07 Å². The lowest BCUT2D eigenvalue weighted by Gasteiger charge is -2.16. The predicted octanol–water partition coefficient (Wildman–Crippen LogP) is 2.05. The van der Waals surface area contributed by atoms with E-state index in [0.717, 1.165) is 18.4 Å². The Bertz CT molecular complexity index is 428. The molecule has 0 heterocycles. The maximum absolute atomic E-state index is 13.8. The average molecular weight is 225 g/mol. The van der Waals surface area contributed by atoms with Crippen LogP contribution in [-0.4, -0.2) is 12.2 Å². The lowest BCUT2D eigenvalue weighted by atomic mass is 9.99.